The summed E-state index contributed by atoms with van der Waals surface area (Å²) < 4.78 is 28.3. The number of nitrogens with one attached hydrogen (secondary N) is 1. The maximum absolute atomic E-state index is 12.1. The molecule has 0 bridgehead atoms. The van der Waals surface area contributed by atoms with Crippen LogP contribution < -0.4 is 4.72 Å². The summed E-state index contributed by atoms with van der Waals surface area (Å²) in [5.41, 5.74) is 0.0170. The van der Waals surface area contributed by atoms with Crippen LogP contribution in [0.2, 0.25) is 0 Å². The molecule has 6 heteroatoms. The van der Waals surface area contributed by atoms with Crippen molar-refractivity contribution >= 4 is 10.2 Å². The van der Waals surface area contributed by atoms with Crippen LogP contribution in [-0.2, 0) is 10.2 Å². The van der Waals surface area contributed by atoms with Crippen molar-refractivity contribution in [2.45, 2.75) is 52.0 Å². The Morgan fingerprint density at radius 1 is 1.39 bits per heavy atom. The van der Waals surface area contributed by atoms with Gasteiger partial charge in [0.05, 0.1) is 0 Å². The molecule has 0 heterocycles. The maximum Gasteiger partial charge on any atom is 0.279 e. The zero-order valence-corrected chi connectivity index (χ0v) is 12.5. The zero-order valence-electron chi connectivity index (χ0n) is 11.6. The lowest BCUT2D eigenvalue weighted by atomic mass is 9.74. The Hall–Kier alpha value is -0.170. The van der Waals surface area contributed by atoms with Crippen LogP contribution in [0.4, 0.5) is 0 Å². The van der Waals surface area contributed by atoms with Crippen molar-refractivity contribution in [3.8, 4) is 0 Å². The van der Waals surface area contributed by atoms with E-state index in [1.165, 1.54) is 10.7 Å². The van der Waals surface area contributed by atoms with Gasteiger partial charge >= 0.3 is 0 Å². The number of hydrogen-bond acceptors (Lipinski definition) is 3. The zero-order chi connectivity index (χ0) is 13.8. The van der Waals surface area contributed by atoms with Gasteiger partial charge in [-0.15, -0.1) is 0 Å². The molecule has 1 atom stereocenters. The SMILES string of the molecule is CN(CCCO)S(=O)(=O)NC1CCCCC1(C)C. The molecular weight excluding hydrogens is 252 g/mol. The van der Waals surface area contributed by atoms with Crippen molar-refractivity contribution in [1.82, 2.24) is 9.03 Å². The maximum atomic E-state index is 12.1. The van der Waals surface area contributed by atoms with Crippen molar-refractivity contribution in [3.63, 3.8) is 0 Å². The fraction of sp³-hybridized carbons (Fsp3) is 1.00. The third-order valence-electron chi connectivity index (χ3n) is 3.84. The van der Waals surface area contributed by atoms with E-state index in [0.29, 0.717) is 13.0 Å². The van der Waals surface area contributed by atoms with E-state index >= 15 is 0 Å². The molecule has 1 unspecified atom stereocenters. The third kappa shape index (κ3) is 4.19. The fourth-order valence-electron chi connectivity index (χ4n) is 2.40. The minimum Gasteiger partial charge on any atom is -0.396 e. The van der Waals surface area contributed by atoms with Gasteiger partial charge in [-0.25, -0.2) is 0 Å². The van der Waals surface area contributed by atoms with Crippen molar-refractivity contribution < 1.29 is 13.5 Å². The van der Waals surface area contributed by atoms with Crippen LogP contribution >= 0.6 is 0 Å². The summed E-state index contributed by atoms with van der Waals surface area (Å²) in [6, 6.07) is 0.00725. The van der Waals surface area contributed by atoms with Gasteiger partial charge in [-0.2, -0.15) is 17.4 Å². The molecule has 0 spiro atoms. The van der Waals surface area contributed by atoms with Crippen molar-refractivity contribution in [3.05, 3.63) is 0 Å². The number of hydrogen-bond donors (Lipinski definition) is 2. The van der Waals surface area contributed by atoms with Gasteiger partial charge in [-0.1, -0.05) is 26.7 Å². The number of aliphatic hydroxyl groups is 1. The summed E-state index contributed by atoms with van der Waals surface area (Å²) in [4.78, 5) is 0. The van der Waals surface area contributed by atoms with Gasteiger partial charge in [0, 0.05) is 26.2 Å². The van der Waals surface area contributed by atoms with Gasteiger partial charge < -0.3 is 5.11 Å². The van der Waals surface area contributed by atoms with E-state index in [4.69, 9.17) is 5.11 Å². The standard InChI is InChI=1S/C12H26N2O3S/c1-12(2)8-5-4-7-11(12)13-18(16,17)14(3)9-6-10-15/h11,13,15H,4-10H2,1-3H3. The lowest BCUT2D eigenvalue weighted by Crippen LogP contribution is -2.51. The summed E-state index contributed by atoms with van der Waals surface area (Å²) in [6.07, 6.45) is 4.68. The summed E-state index contributed by atoms with van der Waals surface area (Å²) in [5, 5.41) is 8.74. The first-order valence-electron chi connectivity index (χ1n) is 6.64. The van der Waals surface area contributed by atoms with Crippen LogP contribution in [0.5, 0.6) is 0 Å². The number of nitrogens with zero attached hydrogens (tertiary/aromatic N) is 1. The highest BCUT2D eigenvalue weighted by molar-refractivity contribution is 7.87. The van der Waals surface area contributed by atoms with Crippen LogP contribution in [0, 0.1) is 5.41 Å². The Kier molecular flexibility index (Phi) is 5.58. The normalized spacial score (nSPS) is 24.4. The van der Waals surface area contributed by atoms with Gasteiger partial charge in [0.1, 0.15) is 0 Å². The van der Waals surface area contributed by atoms with E-state index in [9.17, 15) is 8.42 Å². The fourth-order valence-corrected chi connectivity index (χ4v) is 3.74. The Morgan fingerprint density at radius 2 is 2.06 bits per heavy atom. The minimum atomic E-state index is -3.43. The second-order valence-corrected chi connectivity index (χ2v) is 7.62. The van der Waals surface area contributed by atoms with Gasteiger partial charge in [0.2, 0.25) is 0 Å². The molecule has 0 aliphatic heterocycles. The molecule has 0 aromatic rings. The first-order valence-corrected chi connectivity index (χ1v) is 8.08. The highest BCUT2D eigenvalue weighted by atomic mass is 32.2. The molecule has 0 aromatic heterocycles. The van der Waals surface area contributed by atoms with Gasteiger partial charge in [0.25, 0.3) is 10.2 Å². The van der Waals surface area contributed by atoms with Crippen LogP contribution in [-0.4, -0.2) is 44.1 Å². The molecule has 5 nitrogen and oxygen atoms in total. The monoisotopic (exact) mass is 278 g/mol. The molecule has 1 aliphatic rings. The second kappa shape index (κ2) is 6.32. The lowest BCUT2D eigenvalue weighted by molar-refractivity contribution is 0.185. The van der Waals surface area contributed by atoms with Gasteiger partial charge in [-0.3, -0.25) is 0 Å². The smallest absolute Gasteiger partial charge is 0.279 e. The molecule has 108 valence electrons. The Bertz CT molecular complexity index is 354. The summed E-state index contributed by atoms with van der Waals surface area (Å²) in [6.45, 7) is 4.59. The Balaban J connectivity index is 2.64. The summed E-state index contributed by atoms with van der Waals surface area (Å²) in [7, 11) is -1.88. The van der Waals surface area contributed by atoms with E-state index in [1.54, 1.807) is 7.05 Å². The molecule has 1 saturated carbocycles. The quantitative estimate of drug-likeness (QED) is 0.764. The molecule has 2 N–H and O–H groups in total. The van der Waals surface area contributed by atoms with E-state index in [0.717, 1.165) is 19.3 Å². The van der Waals surface area contributed by atoms with Crippen LogP contribution in [0.1, 0.15) is 46.0 Å². The average molecular weight is 278 g/mol. The molecule has 0 saturated heterocycles. The summed E-state index contributed by atoms with van der Waals surface area (Å²) in [5.74, 6) is 0. The Labute approximate surface area is 111 Å². The largest absolute Gasteiger partial charge is 0.396 e. The molecule has 0 radical (unpaired) electrons. The van der Waals surface area contributed by atoms with Crippen LogP contribution in [0.15, 0.2) is 0 Å². The van der Waals surface area contributed by atoms with Crippen LogP contribution in [0.3, 0.4) is 0 Å². The predicted octanol–water partition coefficient (Wildman–Crippen LogP) is 1.10. The molecule has 1 rings (SSSR count). The van der Waals surface area contributed by atoms with Gasteiger partial charge in [0.15, 0.2) is 0 Å². The molecule has 1 aliphatic carbocycles. The van der Waals surface area contributed by atoms with Crippen LogP contribution in [0.25, 0.3) is 0 Å². The van der Waals surface area contributed by atoms with E-state index < -0.39 is 10.2 Å². The van der Waals surface area contributed by atoms with E-state index in [-0.39, 0.29) is 18.1 Å². The van der Waals surface area contributed by atoms with Crippen molar-refractivity contribution in [1.29, 1.82) is 0 Å². The number of aliphatic hydroxyl groups excluding tert-OH is 1. The van der Waals surface area contributed by atoms with Gasteiger partial charge in [-0.05, 0) is 24.7 Å². The lowest BCUT2D eigenvalue weighted by Gasteiger charge is -2.39. The van der Waals surface area contributed by atoms with Crippen molar-refractivity contribution in [2.24, 2.45) is 5.41 Å². The summed E-state index contributed by atoms with van der Waals surface area (Å²) >= 11 is 0. The minimum absolute atomic E-state index is 0.00725. The van der Waals surface area contributed by atoms with Crippen molar-refractivity contribution in [2.75, 3.05) is 20.2 Å². The second-order valence-electron chi connectivity index (χ2n) is 5.81. The average Bonchev–Trinajstić information content (AvgIpc) is 2.28. The molecular formula is C12H26N2O3S. The predicted molar refractivity (Wildman–Crippen MR) is 72.4 cm³/mol. The first kappa shape index (κ1) is 15.9. The highest BCUT2D eigenvalue weighted by Gasteiger charge is 2.35. The highest BCUT2D eigenvalue weighted by Crippen LogP contribution is 2.35. The molecule has 18 heavy (non-hydrogen) atoms. The topological polar surface area (TPSA) is 69.6 Å². The number of rotatable bonds is 6. The third-order valence-corrected chi connectivity index (χ3v) is 5.43. The molecule has 0 aromatic carbocycles. The molecule has 0 amide bonds. The van der Waals surface area contributed by atoms with E-state index in [1.807, 2.05) is 0 Å². The molecule has 1 fully saturated rings. The van der Waals surface area contributed by atoms with E-state index in [2.05, 4.69) is 18.6 Å². The first-order chi connectivity index (χ1) is 8.29. The Morgan fingerprint density at radius 3 is 2.61 bits per heavy atom.